The van der Waals surface area contributed by atoms with Gasteiger partial charge in [-0.05, 0) is 25.5 Å². The molecule has 4 nitrogen and oxygen atoms in total. The van der Waals surface area contributed by atoms with Gasteiger partial charge >= 0.3 is 6.18 Å². The van der Waals surface area contributed by atoms with E-state index in [4.69, 9.17) is 4.74 Å². The second kappa shape index (κ2) is 5.47. The third-order valence-corrected chi connectivity index (χ3v) is 4.02. The highest BCUT2D eigenvalue weighted by Crippen LogP contribution is 2.44. The molecule has 124 valence electrons. The summed E-state index contributed by atoms with van der Waals surface area (Å²) in [6.45, 7) is 5.03. The van der Waals surface area contributed by atoms with E-state index in [1.807, 2.05) is 18.7 Å². The number of benzene rings is 1. The SMILES string of the molecule is CCCN1c2ccc3[nH]c(=O)cc(C(F)(F)F)c3c2OCC1C. The van der Waals surface area contributed by atoms with Crippen molar-refractivity contribution in [1.82, 2.24) is 4.98 Å². The molecular weight excluding hydrogens is 309 g/mol. The zero-order valence-electron chi connectivity index (χ0n) is 12.8. The number of hydrogen-bond donors (Lipinski definition) is 1. The Morgan fingerprint density at radius 1 is 1.39 bits per heavy atom. The molecule has 2 aromatic rings. The Balaban J connectivity index is 2.33. The number of aromatic amines is 1. The van der Waals surface area contributed by atoms with Crippen LogP contribution < -0.4 is 15.2 Å². The summed E-state index contributed by atoms with van der Waals surface area (Å²) < 4.78 is 45.7. The van der Waals surface area contributed by atoms with Gasteiger partial charge in [-0.3, -0.25) is 4.79 Å². The van der Waals surface area contributed by atoms with Crippen LogP contribution in [-0.4, -0.2) is 24.2 Å². The van der Waals surface area contributed by atoms with Gasteiger partial charge in [0.05, 0.1) is 28.2 Å². The standard InChI is InChI=1S/C16H17F3N2O2/c1-3-6-21-9(2)8-23-15-12(21)5-4-11-14(15)10(16(17,18)19)7-13(22)20-11/h4-5,7,9H,3,6,8H2,1-2H3,(H,20,22). The predicted octanol–water partition coefficient (Wildman–Crippen LogP) is 3.54. The number of rotatable bonds is 2. The Hall–Kier alpha value is -2.18. The van der Waals surface area contributed by atoms with Gasteiger partial charge in [-0.15, -0.1) is 0 Å². The topological polar surface area (TPSA) is 45.3 Å². The lowest BCUT2D eigenvalue weighted by atomic mass is 10.0. The summed E-state index contributed by atoms with van der Waals surface area (Å²) in [6, 6.07) is 3.89. The lowest BCUT2D eigenvalue weighted by Gasteiger charge is -2.37. The van der Waals surface area contributed by atoms with E-state index in [1.54, 1.807) is 6.07 Å². The van der Waals surface area contributed by atoms with Crippen LogP contribution in [0.4, 0.5) is 18.9 Å². The number of ether oxygens (including phenoxy) is 1. The fraction of sp³-hybridized carbons (Fsp3) is 0.438. The monoisotopic (exact) mass is 326 g/mol. The molecule has 1 aliphatic rings. The molecule has 0 aliphatic carbocycles. The molecule has 1 aromatic carbocycles. The van der Waals surface area contributed by atoms with Crippen molar-refractivity contribution >= 4 is 16.6 Å². The van der Waals surface area contributed by atoms with E-state index < -0.39 is 17.3 Å². The highest BCUT2D eigenvalue weighted by atomic mass is 19.4. The zero-order chi connectivity index (χ0) is 16.8. The van der Waals surface area contributed by atoms with E-state index in [-0.39, 0.29) is 22.7 Å². The highest BCUT2D eigenvalue weighted by Gasteiger charge is 2.36. The number of nitrogens with one attached hydrogen (secondary N) is 1. The average molecular weight is 326 g/mol. The van der Waals surface area contributed by atoms with Crippen LogP contribution in [0.5, 0.6) is 5.75 Å². The summed E-state index contributed by atoms with van der Waals surface area (Å²) in [7, 11) is 0. The van der Waals surface area contributed by atoms with Gasteiger partial charge in [0.25, 0.3) is 0 Å². The third kappa shape index (κ3) is 2.64. The van der Waals surface area contributed by atoms with Gasteiger partial charge in [0.15, 0.2) is 5.75 Å². The molecular formula is C16H17F3N2O2. The molecule has 1 N–H and O–H groups in total. The Morgan fingerprint density at radius 2 is 2.13 bits per heavy atom. The number of alkyl halides is 3. The van der Waals surface area contributed by atoms with Crippen LogP contribution in [0.3, 0.4) is 0 Å². The van der Waals surface area contributed by atoms with E-state index >= 15 is 0 Å². The molecule has 0 bridgehead atoms. The number of hydrogen-bond acceptors (Lipinski definition) is 3. The fourth-order valence-electron chi connectivity index (χ4n) is 3.02. The normalized spacial score (nSPS) is 18.0. The number of halogens is 3. The molecule has 0 saturated carbocycles. The van der Waals surface area contributed by atoms with Crippen LogP contribution in [0.1, 0.15) is 25.8 Å². The predicted molar refractivity (Wildman–Crippen MR) is 82.2 cm³/mol. The lowest BCUT2D eigenvalue weighted by molar-refractivity contribution is -0.136. The van der Waals surface area contributed by atoms with Gasteiger partial charge < -0.3 is 14.6 Å². The first kappa shape index (κ1) is 15.7. The average Bonchev–Trinajstić information content (AvgIpc) is 2.47. The largest absolute Gasteiger partial charge is 0.489 e. The maximum Gasteiger partial charge on any atom is 0.417 e. The first-order valence-corrected chi connectivity index (χ1v) is 7.49. The quantitative estimate of drug-likeness (QED) is 0.918. The first-order chi connectivity index (χ1) is 10.8. The van der Waals surface area contributed by atoms with Crippen LogP contribution in [-0.2, 0) is 6.18 Å². The summed E-state index contributed by atoms with van der Waals surface area (Å²) in [4.78, 5) is 16.0. The van der Waals surface area contributed by atoms with Gasteiger partial charge in [-0.2, -0.15) is 13.2 Å². The molecule has 0 saturated heterocycles. The summed E-state index contributed by atoms with van der Waals surface area (Å²) >= 11 is 0. The maximum atomic E-state index is 13.4. The van der Waals surface area contributed by atoms with Crippen LogP contribution in [0.2, 0.25) is 0 Å². The number of nitrogens with zero attached hydrogens (tertiary/aromatic N) is 1. The van der Waals surface area contributed by atoms with E-state index in [9.17, 15) is 18.0 Å². The maximum absolute atomic E-state index is 13.4. The highest BCUT2D eigenvalue weighted by molar-refractivity contribution is 5.94. The number of fused-ring (bicyclic) bond motifs is 3. The number of aromatic nitrogens is 1. The van der Waals surface area contributed by atoms with Crippen molar-refractivity contribution in [2.75, 3.05) is 18.1 Å². The van der Waals surface area contributed by atoms with E-state index in [1.165, 1.54) is 6.07 Å². The molecule has 1 aliphatic heterocycles. The van der Waals surface area contributed by atoms with E-state index in [2.05, 4.69) is 4.98 Å². The Morgan fingerprint density at radius 3 is 2.78 bits per heavy atom. The third-order valence-electron chi connectivity index (χ3n) is 4.02. The smallest absolute Gasteiger partial charge is 0.417 e. The molecule has 7 heteroatoms. The minimum atomic E-state index is -4.62. The van der Waals surface area contributed by atoms with Gasteiger partial charge in [-0.1, -0.05) is 6.92 Å². The molecule has 1 atom stereocenters. The Labute approximate surface area is 130 Å². The second-order valence-corrected chi connectivity index (χ2v) is 5.73. The van der Waals surface area contributed by atoms with Crippen molar-refractivity contribution in [1.29, 1.82) is 0 Å². The number of pyridine rings is 1. The Bertz CT molecular complexity index is 798. The summed E-state index contributed by atoms with van der Waals surface area (Å²) in [5.41, 5.74) is -0.969. The molecule has 2 heterocycles. The summed E-state index contributed by atoms with van der Waals surface area (Å²) in [5, 5.41) is -0.0809. The lowest BCUT2D eigenvalue weighted by Crippen LogP contribution is -2.41. The van der Waals surface area contributed by atoms with Gasteiger partial charge in [0.2, 0.25) is 5.56 Å². The first-order valence-electron chi connectivity index (χ1n) is 7.49. The van der Waals surface area contributed by atoms with Crippen molar-refractivity contribution in [3.8, 4) is 5.75 Å². The van der Waals surface area contributed by atoms with Crippen LogP contribution >= 0.6 is 0 Å². The molecule has 1 unspecified atom stereocenters. The van der Waals surface area contributed by atoms with Crippen molar-refractivity contribution in [2.45, 2.75) is 32.5 Å². The second-order valence-electron chi connectivity index (χ2n) is 5.73. The number of anilines is 1. The molecule has 0 amide bonds. The van der Waals surface area contributed by atoms with E-state index in [0.717, 1.165) is 13.0 Å². The van der Waals surface area contributed by atoms with Crippen LogP contribution in [0, 0.1) is 0 Å². The molecule has 1 aromatic heterocycles. The van der Waals surface area contributed by atoms with Gasteiger partial charge in [0.1, 0.15) is 6.61 Å². The van der Waals surface area contributed by atoms with Crippen molar-refractivity contribution in [3.05, 3.63) is 34.1 Å². The fourth-order valence-corrected chi connectivity index (χ4v) is 3.02. The minimum Gasteiger partial charge on any atom is -0.489 e. The minimum absolute atomic E-state index is 0.0806. The molecule has 3 rings (SSSR count). The molecule has 0 fully saturated rings. The van der Waals surface area contributed by atoms with Crippen LogP contribution in [0.15, 0.2) is 23.0 Å². The van der Waals surface area contributed by atoms with Gasteiger partial charge in [0, 0.05) is 12.6 Å². The Kier molecular flexibility index (Phi) is 3.74. The van der Waals surface area contributed by atoms with E-state index in [0.29, 0.717) is 18.4 Å². The van der Waals surface area contributed by atoms with Crippen molar-refractivity contribution in [3.63, 3.8) is 0 Å². The van der Waals surface area contributed by atoms with Gasteiger partial charge in [-0.25, -0.2) is 0 Å². The summed E-state index contributed by atoms with van der Waals surface area (Å²) in [6.07, 6.45) is -3.75. The summed E-state index contributed by atoms with van der Waals surface area (Å²) in [5.74, 6) is 0.192. The van der Waals surface area contributed by atoms with Crippen molar-refractivity contribution < 1.29 is 17.9 Å². The molecule has 23 heavy (non-hydrogen) atoms. The molecule has 0 radical (unpaired) electrons. The zero-order valence-corrected chi connectivity index (χ0v) is 12.8. The van der Waals surface area contributed by atoms with Crippen LogP contribution in [0.25, 0.3) is 10.9 Å². The van der Waals surface area contributed by atoms with Crippen molar-refractivity contribution in [2.24, 2.45) is 0 Å². The molecule has 0 spiro atoms. The number of H-pyrrole nitrogens is 1.